The van der Waals surface area contributed by atoms with E-state index in [4.69, 9.17) is 4.74 Å². The van der Waals surface area contributed by atoms with Gasteiger partial charge in [-0.15, -0.1) is 0 Å². The maximum Gasteiger partial charge on any atom is 0.337 e. The van der Waals surface area contributed by atoms with E-state index in [1.165, 1.54) is 23.8 Å². The molecule has 1 fully saturated rings. The third kappa shape index (κ3) is 5.54. The Bertz CT molecular complexity index is 1520. The summed E-state index contributed by atoms with van der Waals surface area (Å²) in [4.78, 5) is 32.2. The van der Waals surface area contributed by atoms with Gasteiger partial charge in [-0.1, -0.05) is 60.7 Å². The molecule has 2 atom stereocenters. The summed E-state index contributed by atoms with van der Waals surface area (Å²) in [6, 6.07) is 28.2. The molecule has 0 saturated heterocycles. The van der Waals surface area contributed by atoms with Gasteiger partial charge in [0.15, 0.2) is 0 Å². The monoisotopic (exact) mass is 531 g/mol. The molecular weight excluding hydrogens is 498 g/mol. The minimum absolute atomic E-state index is 0.0409. The van der Waals surface area contributed by atoms with Crippen LogP contribution in [0.1, 0.15) is 50.6 Å². The molecule has 40 heavy (non-hydrogen) atoms. The van der Waals surface area contributed by atoms with E-state index < -0.39 is 0 Å². The second-order valence-corrected chi connectivity index (χ2v) is 10.7. The summed E-state index contributed by atoms with van der Waals surface area (Å²) >= 11 is 0. The Labute approximate surface area is 235 Å². The van der Waals surface area contributed by atoms with Gasteiger partial charge in [0.05, 0.1) is 18.4 Å². The third-order valence-electron chi connectivity index (χ3n) is 8.10. The number of amides is 1. The predicted molar refractivity (Wildman–Crippen MR) is 154 cm³/mol. The molecule has 1 saturated carbocycles. The number of nitrogens with one attached hydrogen (secondary N) is 1. The fourth-order valence-corrected chi connectivity index (χ4v) is 5.89. The molecule has 2 aliphatic rings. The van der Waals surface area contributed by atoms with Crippen LogP contribution in [0.2, 0.25) is 0 Å². The number of hydrogen-bond acceptors (Lipinski definition) is 5. The summed E-state index contributed by atoms with van der Waals surface area (Å²) in [5.41, 5.74) is 8.61. The van der Waals surface area contributed by atoms with Gasteiger partial charge in [-0.2, -0.15) is 0 Å². The lowest BCUT2D eigenvalue weighted by molar-refractivity contribution is -0.122. The number of pyridine rings is 1. The molecule has 202 valence electrons. The molecule has 0 radical (unpaired) electrons. The first-order valence-corrected chi connectivity index (χ1v) is 13.9. The first-order chi connectivity index (χ1) is 19.6. The zero-order valence-electron chi connectivity index (χ0n) is 22.7. The molecule has 1 aliphatic carbocycles. The number of esters is 1. The molecule has 6 heteroatoms. The van der Waals surface area contributed by atoms with Crippen LogP contribution in [0.4, 0.5) is 0 Å². The quantitative estimate of drug-likeness (QED) is 0.304. The first-order valence-electron chi connectivity index (χ1n) is 13.9. The number of methoxy groups -OCH3 is 1. The number of nitrogens with zero attached hydrogens (tertiary/aromatic N) is 2. The number of ether oxygens (including phenoxy) is 1. The highest BCUT2D eigenvalue weighted by Gasteiger charge is 2.43. The highest BCUT2D eigenvalue weighted by atomic mass is 16.5. The van der Waals surface area contributed by atoms with Crippen LogP contribution in [0.15, 0.2) is 91.1 Å². The number of fused-ring (bicyclic) bond motifs is 1. The Morgan fingerprint density at radius 2 is 1.82 bits per heavy atom. The van der Waals surface area contributed by atoms with Crippen molar-refractivity contribution in [3.8, 4) is 11.1 Å². The van der Waals surface area contributed by atoms with Crippen LogP contribution in [0.25, 0.3) is 11.1 Å². The van der Waals surface area contributed by atoms with E-state index >= 15 is 0 Å². The topological polar surface area (TPSA) is 71.5 Å². The third-order valence-corrected chi connectivity index (χ3v) is 8.10. The number of aromatic nitrogens is 1. The van der Waals surface area contributed by atoms with Crippen LogP contribution in [0.3, 0.4) is 0 Å². The lowest BCUT2D eigenvalue weighted by Crippen LogP contribution is -2.33. The minimum atomic E-state index is -0.342. The number of benzene rings is 3. The molecule has 1 amide bonds. The maximum atomic E-state index is 13.1. The molecule has 1 aromatic heterocycles. The molecule has 1 N–H and O–H groups in total. The predicted octanol–water partition coefficient (Wildman–Crippen LogP) is 5.51. The van der Waals surface area contributed by atoms with Crippen LogP contribution < -0.4 is 5.32 Å². The average molecular weight is 532 g/mol. The van der Waals surface area contributed by atoms with Crippen molar-refractivity contribution in [1.82, 2.24) is 15.2 Å². The summed E-state index contributed by atoms with van der Waals surface area (Å²) in [5.74, 6) is 0.136. The number of carbonyl (C=O) groups excluding carboxylic acids is 2. The van der Waals surface area contributed by atoms with E-state index in [0.717, 1.165) is 54.9 Å². The molecule has 0 bridgehead atoms. The van der Waals surface area contributed by atoms with Crippen molar-refractivity contribution in [3.05, 3.63) is 125 Å². The Hall–Kier alpha value is -4.29. The van der Waals surface area contributed by atoms with Crippen LogP contribution in [-0.2, 0) is 35.6 Å². The van der Waals surface area contributed by atoms with Gasteiger partial charge in [0.25, 0.3) is 0 Å². The zero-order chi connectivity index (χ0) is 27.5. The summed E-state index contributed by atoms with van der Waals surface area (Å²) < 4.78 is 4.95. The highest BCUT2D eigenvalue weighted by molar-refractivity contribution is 5.91. The van der Waals surface area contributed by atoms with Crippen molar-refractivity contribution in [3.63, 3.8) is 0 Å². The number of hydrogen-bond donors (Lipinski definition) is 1. The lowest BCUT2D eigenvalue weighted by Gasteiger charge is -2.32. The number of rotatable bonds is 8. The van der Waals surface area contributed by atoms with E-state index in [9.17, 15) is 9.59 Å². The van der Waals surface area contributed by atoms with Gasteiger partial charge < -0.3 is 10.1 Å². The minimum Gasteiger partial charge on any atom is -0.465 e. The van der Waals surface area contributed by atoms with Crippen LogP contribution in [0.5, 0.6) is 0 Å². The molecule has 3 aromatic carbocycles. The van der Waals surface area contributed by atoms with E-state index in [1.54, 1.807) is 6.07 Å². The molecule has 0 unspecified atom stereocenters. The summed E-state index contributed by atoms with van der Waals surface area (Å²) in [6.07, 6.45) is 3.61. The molecule has 2 heterocycles. The molecular formula is C34H33N3O3. The van der Waals surface area contributed by atoms with Gasteiger partial charge in [-0.25, -0.2) is 4.79 Å². The Kier molecular flexibility index (Phi) is 7.43. The van der Waals surface area contributed by atoms with E-state index in [0.29, 0.717) is 18.0 Å². The Balaban J connectivity index is 1.25. The van der Waals surface area contributed by atoms with Crippen molar-refractivity contribution in [1.29, 1.82) is 0 Å². The van der Waals surface area contributed by atoms with Gasteiger partial charge in [0.2, 0.25) is 5.91 Å². The Morgan fingerprint density at radius 3 is 2.62 bits per heavy atom. The maximum absolute atomic E-state index is 13.1. The fraction of sp³-hybridized carbons (Fsp3) is 0.265. The average Bonchev–Trinajstić information content (AvgIpc) is 3.82. The van der Waals surface area contributed by atoms with Gasteiger partial charge in [0.1, 0.15) is 0 Å². The van der Waals surface area contributed by atoms with Crippen molar-refractivity contribution in [2.45, 2.75) is 38.4 Å². The summed E-state index contributed by atoms with van der Waals surface area (Å²) in [5, 5.41) is 3.24. The first kappa shape index (κ1) is 26.0. The molecule has 6 rings (SSSR count). The van der Waals surface area contributed by atoms with Crippen LogP contribution >= 0.6 is 0 Å². The second kappa shape index (κ2) is 11.4. The fourth-order valence-electron chi connectivity index (χ4n) is 5.89. The van der Waals surface area contributed by atoms with E-state index in [-0.39, 0.29) is 17.8 Å². The van der Waals surface area contributed by atoms with Crippen molar-refractivity contribution in [2.24, 2.45) is 5.92 Å². The second-order valence-electron chi connectivity index (χ2n) is 10.7. The molecule has 0 spiro atoms. The normalized spacial score (nSPS) is 18.0. The number of carbonyl (C=O) groups is 2. The van der Waals surface area contributed by atoms with E-state index in [2.05, 4.69) is 45.5 Å². The van der Waals surface area contributed by atoms with Crippen molar-refractivity contribution in [2.75, 3.05) is 13.7 Å². The van der Waals surface area contributed by atoms with Crippen LogP contribution in [-0.4, -0.2) is 35.4 Å². The van der Waals surface area contributed by atoms with Gasteiger partial charge >= 0.3 is 5.97 Å². The SMILES string of the molecule is COC(=O)c1cccc(-c2ccc(CNC(=O)[C@@H]3C[C@H]3c3ccccc3)c3c2CCN(Cc2ccccn2)C3)c1. The smallest absolute Gasteiger partial charge is 0.337 e. The molecule has 6 nitrogen and oxygen atoms in total. The standard InChI is InChI=1S/C34H33N3O3/c1-40-34(39)25-11-7-10-24(18-25)28-14-13-26(20-36-33(38)31-19-30(31)23-8-3-2-4-9-23)32-22-37(17-15-29(28)32)21-27-12-5-6-16-35-27/h2-14,16,18,30-31H,15,17,19-22H2,1H3,(H,36,38)/t30-,31+/m0/s1. The molecule has 4 aromatic rings. The Morgan fingerprint density at radius 1 is 0.975 bits per heavy atom. The lowest BCUT2D eigenvalue weighted by atomic mass is 9.87. The largest absolute Gasteiger partial charge is 0.465 e. The van der Waals surface area contributed by atoms with Crippen molar-refractivity contribution >= 4 is 11.9 Å². The summed E-state index contributed by atoms with van der Waals surface area (Å²) in [6.45, 7) is 2.95. The van der Waals surface area contributed by atoms with Gasteiger partial charge in [0, 0.05) is 38.3 Å². The van der Waals surface area contributed by atoms with E-state index in [1.807, 2.05) is 54.7 Å². The van der Waals surface area contributed by atoms with Crippen LogP contribution in [0, 0.1) is 5.92 Å². The van der Waals surface area contributed by atoms with Gasteiger partial charge in [-0.05, 0) is 76.4 Å². The highest BCUT2D eigenvalue weighted by Crippen LogP contribution is 2.47. The van der Waals surface area contributed by atoms with Gasteiger partial charge in [-0.3, -0.25) is 14.7 Å². The van der Waals surface area contributed by atoms with Crippen molar-refractivity contribution < 1.29 is 14.3 Å². The zero-order valence-corrected chi connectivity index (χ0v) is 22.7. The molecule has 1 aliphatic heterocycles. The summed E-state index contributed by atoms with van der Waals surface area (Å²) in [7, 11) is 1.40.